The highest BCUT2D eigenvalue weighted by Gasteiger charge is 2.08. The number of benzene rings is 1. The first-order valence-corrected chi connectivity index (χ1v) is 6.44. The monoisotopic (exact) mass is 300 g/mol. The molecule has 2 rings (SSSR count). The molecule has 0 fully saturated rings. The predicted octanol–water partition coefficient (Wildman–Crippen LogP) is 4.22. The fraction of sp³-hybridized carbons (Fsp3) is 0.182. The maximum absolute atomic E-state index is 13.3. The lowest BCUT2D eigenvalue weighted by atomic mass is 10.2. The normalized spacial score (nSPS) is 12.4. The molecule has 1 unspecified atom stereocenters. The third-order valence-electron chi connectivity index (χ3n) is 2.18. The van der Waals surface area contributed by atoms with Crippen molar-refractivity contribution in [2.75, 3.05) is 5.32 Å². The summed E-state index contributed by atoms with van der Waals surface area (Å²) in [4.78, 5) is 5.14. The Labute approximate surface area is 106 Å². The van der Waals surface area contributed by atoms with Gasteiger partial charge in [0.05, 0.1) is 16.0 Å². The molecular weight excluding hydrogens is 291 g/mol. The van der Waals surface area contributed by atoms with E-state index in [1.807, 2.05) is 19.2 Å². The Balaban J connectivity index is 2.12. The van der Waals surface area contributed by atoms with Crippen molar-refractivity contribution in [2.24, 2.45) is 0 Å². The lowest BCUT2D eigenvalue weighted by Gasteiger charge is -2.13. The fourth-order valence-electron chi connectivity index (χ4n) is 1.35. The molecule has 0 saturated heterocycles. The van der Waals surface area contributed by atoms with Crippen molar-refractivity contribution in [3.05, 3.63) is 45.1 Å². The van der Waals surface area contributed by atoms with Gasteiger partial charge in [0.2, 0.25) is 0 Å². The van der Waals surface area contributed by atoms with Crippen molar-refractivity contribution in [2.45, 2.75) is 13.0 Å². The minimum absolute atomic E-state index is 0.132. The van der Waals surface area contributed by atoms with Crippen LogP contribution in [0.1, 0.15) is 17.8 Å². The second-order valence-electron chi connectivity index (χ2n) is 3.40. The predicted molar refractivity (Wildman–Crippen MR) is 68.3 cm³/mol. The van der Waals surface area contributed by atoms with E-state index in [9.17, 15) is 4.39 Å². The second kappa shape index (κ2) is 4.93. The minimum Gasteiger partial charge on any atom is -0.378 e. The smallest absolute Gasteiger partial charge is 0.139 e. The summed E-state index contributed by atoms with van der Waals surface area (Å²) in [5.74, 6) is -0.262. The van der Waals surface area contributed by atoms with E-state index in [1.165, 1.54) is 6.07 Å². The Morgan fingerprint density at radius 3 is 2.94 bits per heavy atom. The molecule has 0 bridgehead atoms. The van der Waals surface area contributed by atoms with Crippen molar-refractivity contribution in [3.63, 3.8) is 0 Å². The highest BCUT2D eigenvalue weighted by molar-refractivity contribution is 9.10. The summed E-state index contributed by atoms with van der Waals surface area (Å²) in [6.07, 6.45) is 1.82. The van der Waals surface area contributed by atoms with E-state index in [1.54, 1.807) is 22.9 Å². The summed E-state index contributed by atoms with van der Waals surface area (Å²) < 4.78 is 13.8. The topological polar surface area (TPSA) is 24.9 Å². The summed E-state index contributed by atoms with van der Waals surface area (Å²) in [5, 5.41) is 3.22. The van der Waals surface area contributed by atoms with Crippen molar-refractivity contribution < 1.29 is 4.39 Å². The van der Waals surface area contributed by atoms with Crippen LogP contribution in [0.3, 0.4) is 0 Å². The number of thiazole rings is 1. The molecule has 5 heteroatoms. The van der Waals surface area contributed by atoms with Crippen LogP contribution in [0.4, 0.5) is 10.1 Å². The van der Waals surface area contributed by atoms with Gasteiger partial charge in [-0.3, -0.25) is 4.98 Å². The molecule has 1 atom stereocenters. The van der Waals surface area contributed by atoms with Gasteiger partial charge < -0.3 is 5.32 Å². The Kier molecular flexibility index (Phi) is 3.56. The molecule has 0 aliphatic carbocycles. The second-order valence-corrected chi connectivity index (χ2v) is 5.17. The van der Waals surface area contributed by atoms with Gasteiger partial charge in [-0.1, -0.05) is 0 Å². The third kappa shape index (κ3) is 2.59. The molecule has 0 saturated carbocycles. The van der Waals surface area contributed by atoms with Crippen LogP contribution in [0, 0.1) is 5.82 Å². The first-order valence-electron chi connectivity index (χ1n) is 4.77. The number of aromatic nitrogens is 1. The molecule has 0 aliphatic heterocycles. The van der Waals surface area contributed by atoms with Crippen LogP contribution < -0.4 is 5.32 Å². The van der Waals surface area contributed by atoms with Crippen LogP contribution in [0.25, 0.3) is 0 Å². The van der Waals surface area contributed by atoms with Crippen molar-refractivity contribution >= 4 is 33.0 Å². The van der Waals surface area contributed by atoms with E-state index >= 15 is 0 Å². The molecule has 0 amide bonds. The number of nitrogens with zero attached hydrogens (tertiary/aromatic N) is 1. The molecule has 1 N–H and O–H groups in total. The van der Waals surface area contributed by atoms with Gasteiger partial charge in [0.15, 0.2) is 0 Å². The van der Waals surface area contributed by atoms with Gasteiger partial charge in [-0.15, -0.1) is 11.3 Å². The highest BCUT2D eigenvalue weighted by Crippen LogP contribution is 2.24. The molecular formula is C11H10BrFN2S. The van der Waals surface area contributed by atoms with E-state index < -0.39 is 0 Å². The SMILES string of the molecule is CC(Nc1ccc(Br)c(F)c1)c1cncs1. The van der Waals surface area contributed by atoms with Crippen LogP contribution in [0.5, 0.6) is 0 Å². The van der Waals surface area contributed by atoms with Crippen LogP contribution in [0.15, 0.2) is 34.4 Å². The fourth-order valence-corrected chi connectivity index (χ4v) is 2.22. The van der Waals surface area contributed by atoms with Crippen molar-refractivity contribution in [1.29, 1.82) is 0 Å². The van der Waals surface area contributed by atoms with E-state index in [0.717, 1.165) is 10.6 Å². The molecule has 1 heterocycles. The first kappa shape index (κ1) is 11.5. The summed E-state index contributed by atoms with van der Waals surface area (Å²) in [5.41, 5.74) is 2.55. The molecule has 0 aliphatic rings. The molecule has 84 valence electrons. The van der Waals surface area contributed by atoms with Gasteiger partial charge in [0.25, 0.3) is 0 Å². The van der Waals surface area contributed by atoms with Gasteiger partial charge in [-0.05, 0) is 41.1 Å². The molecule has 2 aromatic rings. The minimum atomic E-state index is -0.262. The molecule has 1 aromatic heterocycles. The molecule has 16 heavy (non-hydrogen) atoms. The number of halogens is 2. The van der Waals surface area contributed by atoms with E-state index in [4.69, 9.17) is 0 Å². The zero-order valence-electron chi connectivity index (χ0n) is 8.58. The van der Waals surface area contributed by atoms with Crippen LogP contribution in [-0.4, -0.2) is 4.98 Å². The van der Waals surface area contributed by atoms with E-state index in [-0.39, 0.29) is 11.9 Å². The maximum atomic E-state index is 13.3. The van der Waals surface area contributed by atoms with Gasteiger partial charge in [0, 0.05) is 16.8 Å². The van der Waals surface area contributed by atoms with Gasteiger partial charge in [-0.2, -0.15) is 0 Å². The zero-order valence-corrected chi connectivity index (χ0v) is 11.0. The molecule has 0 spiro atoms. The van der Waals surface area contributed by atoms with Crippen LogP contribution in [-0.2, 0) is 0 Å². The Morgan fingerprint density at radius 1 is 1.50 bits per heavy atom. The maximum Gasteiger partial charge on any atom is 0.139 e. The number of anilines is 1. The molecule has 0 radical (unpaired) electrons. The quantitative estimate of drug-likeness (QED) is 0.918. The lowest BCUT2D eigenvalue weighted by Crippen LogP contribution is -2.04. The van der Waals surface area contributed by atoms with Gasteiger partial charge >= 0.3 is 0 Å². The molecule has 1 aromatic carbocycles. The summed E-state index contributed by atoms with van der Waals surface area (Å²) in [6, 6.07) is 5.14. The van der Waals surface area contributed by atoms with Crippen LogP contribution in [0.2, 0.25) is 0 Å². The van der Waals surface area contributed by atoms with Gasteiger partial charge in [-0.25, -0.2) is 4.39 Å². The standard InChI is InChI=1S/C11H10BrFN2S/c1-7(11-5-14-6-16-11)15-8-2-3-9(12)10(13)4-8/h2-7,15H,1H3. The van der Waals surface area contributed by atoms with Gasteiger partial charge in [0.1, 0.15) is 5.82 Å². The van der Waals surface area contributed by atoms with Crippen molar-refractivity contribution in [1.82, 2.24) is 4.98 Å². The Morgan fingerprint density at radius 2 is 2.31 bits per heavy atom. The summed E-state index contributed by atoms with van der Waals surface area (Å²) in [7, 11) is 0. The summed E-state index contributed by atoms with van der Waals surface area (Å²) in [6.45, 7) is 2.02. The highest BCUT2D eigenvalue weighted by atomic mass is 79.9. The lowest BCUT2D eigenvalue weighted by molar-refractivity contribution is 0.621. The third-order valence-corrected chi connectivity index (χ3v) is 3.78. The molecule has 2 nitrogen and oxygen atoms in total. The Bertz CT molecular complexity index is 473. The van der Waals surface area contributed by atoms with Crippen LogP contribution >= 0.6 is 27.3 Å². The Hall–Kier alpha value is -0.940. The zero-order chi connectivity index (χ0) is 11.5. The number of nitrogens with one attached hydrogen (secondary N) is 1. The average Bonchev–Trinajstić information content (AvgIpc) is 2.77. The van der Waals surface area contributed by atoms with E-state index in [2.05, 4.69) is 26.2 Å². The number of rotatable bonds is 3. The first-order chi connectivity index (χ1) is 7.66. The number of hydrogen-bond donors (Lipinski definition) is 1. The largest absolute Gasteiger partial charge is 0.378 e. The number of hydrogen-bond acceptors (Lipinski definition) is 3. The van der Waals surface area contributed by atoms with E-state index in [0.29, 0.717) is 4.47 Å². The summed E-state index contributed by atoms with van der Waals surface area (Å²) >= 11 is 4.70. The average molecular weight is 301 g/mol. The van der Waals surface area contributed by atoms with Crippen molar-refractivity contribution in [3.8, 4) is 0 Å².